The molecule has 1 heterocycles. The fourth-order valence-corrected chi connectivity index (χ4v) is 1.03. The van der Waals surface area contributed by atoms with E-state index in [1.54, 1.807) is 7.05 Å². The van der Waals surface area contributed by atoms with Crippen LogP contribution >= 0.6 is 0 Å². The summed E-state index contributed by atoms with van der Waals surface area (Å²) >= 11 is 0. The number of hydrazine groups is 1. The number of ether oxygens (including phenoxy) is 4. The number of nitrogens with zero attached hydrogens (tertiary/aromatic N) is 1. The number of rotatable bonds is 6. The van der Waals surface area contributed by atoms with Crippen LogP contribution in [0.15, 0.2) is 6.20 Å². The summed E-state index contributed by atoms with van der Waals surface area (Å²) in [5, 5.41) is 6.33. The number of H-pyrrole nitrogens is 1. The summed E-state index contributed by atoms with van der Waals surface area (Å²) in [6.45, 7) is 0.904. The zero-order valence-electron chi connectivity index (χ0n) is 14.4. The largest absolute Gasteiger partial charge is 0.463 e. The van der Waals surface area contributed by atoms with Crippen molar-refractivity contribution in [2.24, 2.45) is 5.84 Å². The van der Waals surface area contributed by atoms with Gasteiger partial charge in [0.05, 0.1) is 26.1 Å². The van der Waals surface area contributed by atoms with E-state index in [2.05, 4.69) is 40.4 Å². The monoisotopic (exact) mass is 388 g/mol. The van der Waals surface area contributed by atoms with E-state index in [4.69, 9.17) is 0 Å². The standard InChI is InChI=1S/C7H8N2O4.C6H6O4.CH6N2.CH4/c10-4-12-2-6-1-8-9-7(6)3-13-5-11;1-9-5(7)3-4-6(8)10-2;1-3-2;/h1,4-5H,2-3H2,(H,8,9);1-2H3;3H,2H2,1H3;1H4. The molecule has 0 bridgehead atoms. The zero-order valence-corrected chi connectivity index (χ0v) is 14.4. The van der Waals surface area contributed by atoms with E-state index in [9.17, 15) is 19.2 Å². The summed E-state index contributed by atoms with van der Waals surface area (Å²) < 4.78 is 17.3. The molecule has 27 heavy (non-hydrogen) atoms. The van der Waals surface area contributed by atoms with Gasteiger partial charge in [0, 0.05) is 17.4 Å². The third kappa shape index (κ3) is 17.2. The molecule has 0 unspecified atom stereocenters. The summed E-state index contributed by atoms with van der Waals surface area (Å²) in [7, 11) is 4.00. The molecule has 1 aromatic heterocycles. The molecule has 0 fully saturated rings. The van der Waals surface area contributed by atoms with Crippen LogP contribution in [-0.4, -0.2) is 56.3 Å². The molecule has 0 saturated heterocycles. The summed E-state index contributed by atoms with van der Waals surface area (Å²) in [6.07, 6.45) is 1.51. The SMILES string of the molecule is C.CNN.COC(=O)C#CC(=O)OC.O=COCc1cn[nH]c1COC=O. The number of aromatic amines is 1. The first-order chi connectivity index (χ1) is 12.5. The summed E-state index contributed by atoms with van der Waals surface area (Å²) in [5.74, 6) is 6.87. The van der Waals surface area contributed by atoms with Gasteiger partial charge in [0.15, 0.2) is 0 Å². The smallest absolute Gasteiger partial charge is 0.384 e. The van der Waals surface area contributed by atoms with Gasteiger partial charge in [-0.05, 0) is 7.05 Å². The molecule has 0 aliphatic rings. The van der Waals surface area contributed by atoms with Crippen LogP contribution in [0.2, 0.25) is 0 Å². The van der Waals surface area contributed by atoms with Gasteiger partial charge in [-0.1, -0.05) is 7.43 Å². The van der Waals surface area contributed by atoms with Crippen molar-refractivity contribution >= 4 is 24.9 Å². The quantitative estimate of drug-likeness (QED) is 0.102. The highest BCUT2D eigenvalue weighted by atomic mass is 16.5. The Morgan fingerprint density at radius 1 is 1.15 bits per heavy atom. The summed E-state index contributed by atoms with van der Waals surface area (Å²) in [6, 6.07) is 0. The lowest BCUT2D eigenvalue weighted by molar-refractivity contribution is -0.135. The number of methoxy groups -OCH3 is 2. The number of carbonyl (C=O) groups excluding carboxylic acids is 4. The van der Waals surface area contributed by atoms with Gasteiger partial charge in [-0.25, -0.2) is 9.59 Å². The van der Waals surface area contributed by atoms with Crippen molar-refractivity contribution in [1.29, 1.82) is 0 Å². The number of hydrogen-bond acceptors (Lipinski definition) is 11. The Balaban J connectivity index is -0.000000370. The molecule has 0 radical (unpaired) electrons. The van der Waals surface area contributed by atoms with Gasteiger partial charge in [0.25, 0.3) is 12.9 Å². The van der Waals surface area contributed by atoms with E-state index in [-0.39, 0.29) is 20.6 Å². The lowest BCUT2D eigenvalue weighted by Crippen LogP contribution is -2.13. The molecule has 1 aromatic rings. The predicted molar refractivity (Wildman–Crippen MR) is 92.1 cm³/mol. The molecule has 1 rings (SSSR count). The van der Waals surface area contributed by atoms with Crippen LogP contribution in [0.4, 0.5) is 0 Å². The minimum absolute atomic E-state index is 0. The third-order valence-electron chi connectivity index (χ3n) is 2.05. The van der Waals surface area contributed by atoms with Crippen LogP contribution in [0, 0.1) is 11.8 Å². The highest BCUT2D eigenvalue weighted by Crippen LogP contribution is 2.06. The first-order valence-corrected chi connectivity index (χ1v) is 6.67. The summed E-state index contributed by atoms with van der Waals surface area (Å²) in [4.78, 5) is 40.2. The average molecular weight is 388 g/mol. The maximum absolute atomic E-state index is 10.2. The second kappa shape index (κ2) is 20.6. The lowest BCUT2D eigenvalue weighted by Gasteiger charge is -1.99. The topological polar surface area (TPSA) is 172 Å². The molecular weight excluding hydrogens is 364 g/mol. The fourth-order valence-electron chi connectivity index (χ4n) is 1.03. The van der Waals surface area contributed by atoms with E-state index in [1.807, 2.05) is 11.8 Å². The molecule has 0 atom stereocenters. The average Bonchev–Trinajstić information content (AvgIpc) is 3.10. The van der Waals surface area contributed by atoms with Gasteiger partial charge in [-0.2, -0.15) is 5.10 Å². The minimum atomic E-state index is -0.759. The Hall–Kier alpha value is -3.43. The van der Waals surface area contributed by atoms with Crippen LogP contribution in [0.25, 0.3) is 0 Å². The van der Waals surface area contributed by atoms with E-state index in [0.717, 1.165) is 0 Å². The van der Waals surface area contributed by atoms with Crippen molar-refractivity contribution in [3.05, 3.63) is 17.5 Å². The van der Waals surface area contributed by atoms with Gasteiger partial charge < -0.3 is 18.9 Å². The van der Waals surface area contributed by atoms with E-state index < -0.39 is 11.9 Å². The molecule has 0 aliphatic carbocycles. The molecule has 12 nitrogen and oxygen atoms in total. The van der Waals surface area contributed by atoms with Crippen molar-refractivity contribution in [3.63, 3.8) is 0 Å². The van der Waals surface area contributed by atoms with Gasteiger partial charge in [-0.3, -0.25) is 26.0 Å². The molecule has 0 spiro atoms. The van der Waals surface area contributed by atoms with Crippen molar-refractivity contribution < 1.29 is 38.1 Å². The van der Waals surface area contributed by atoms with E-state index >= 15 is 0 Å². The molecule has 0 saturated carbocycles. The maximum atomic E-state index is 10.2. The van der Waals surface area contributed by atoms with Crippen molar-refractivity contribution in [2.75, 3.05) is 21.3 Å². The molecule has 0 amide bonds. The highest BCUT2D eigenvalue weighted by molar-refractivity contribution is 5.98. The highest BCUT2D eigenvalue weighted by Gasteiger charge is 2.04. The van der Waals surface area contributed by atoms with E-state index in [1.165, 1.54) is 20.4 Å². The Kier molecular flexibility index (Phi) is 21.7. The Morgan fingerprint density at radius 3 is 2.00 bits per heavy atom. The summed E-state index contributed by atoms with van der Waals surface area (Å²) in [5.41, 5.74) is 3.56. The van der Waals surface area contributed by atoms with Crippen LogP contribution in [-0.2, 0) is 51.3 Å². The van der Waals surface area contributed by atoms with Crippen LogP contribution in [0.1, 0.15) is 18.7 Å². The first-order valence-electron chi connectivity index (χ1n) is 6.67. The molecular formula is C15H24N4O8. The minimum Gasteiger partial charge on any atom is -0.463 e. The molecule has 12 heteroatoms. The second-order valence-corrected chi connectivity index (χ2v) is 3.71. The number of nitrogens with one attached hydrogen (secondary N) is 2. The maximum Gasteiger partial charge on any atom is 0.384 e. The predicted octanol–water partition coefficient (Wildman–Crippen LogP) is -1.19. The molecule has 4 N–H and O–H groups in total. The van der Waals surface area contributed by atoms with Gasteiger partial charge in [0.2, 0.25) is 0 Å². The van der Waals surface area contributed by atoms with Crippen LogP contribution in [0.3, 0.4) is 0 Å². The zero-order chi connectivity index (χ0) is 20.2. The first kappa shape index (κ1) is 28.4. The van der Waals surface area contributed by atoms with E-state index in [0.29, 0.717) is 24.2 Å². The van der Waals surface area contributed by atoms with Crippen LogP contribution < -0.4 is 11.3 Å². The lowest BCUT2D eigenvalue weighted by atomic mass is 10.3. The normalized spacial score (nSPS) is 7.70. The van der Waals surface area contributed by atoms with Gasteiger partial charge in [0.1, 0.15) is 13.2 Å². The Bertz CT molecular complexity index is 560. The number of nitrogens with two attached hydrogens (primary N) is 1. The second-order valence-electron chi connectivity index (χ2n) is 3.71. The van der Waals surface area contributed by atoms with Gasteiger partial charge in [-0.15, -0.1) is 0 Å². The molecule has 152 valence electrons. The number of hydrogen-bond donors (Lipinski definition) is 3. The van der Waals surface area contributed by atoms with Gasteiger partial charge >= 0.3 is 11.9 Å². The van der Waals surface area contributed by atoms with Crippen LogP contribution in [0.5, 0.6) is 0 Å². The third-order valence-corrected chi connectivity index (χ3v) is 2.05. The molecule has 0 aromatic carbocycles. The van der Waals surface area contributed by atoms with Crippen molar-refractivity contribution in [3.8, 4) is 11.8 Å². The number of carbonyl (C=O) groups is 4. The Morgan fingerprint density at radius 2 is 1.59 bits per heavy atom. The van der Waals surface area contributed by atoms with Crippen molar-refractivity contribution in [1.82, 2.24) is 15.6 Å². The Labute approximate surface area is 156 Å². The van der Waals surface area contributed by atoms with Crippen molar-refractivity contribution in [2.45, 2.75) is 20.6 Å². The number of esters is 2. The fraction of sp³-hybridized carbons (Fsp3) is 0.400. The molecule has 0 aliphatic heterocycles. The number of aromatic nitrogens is 2.